The van der Waals surface area contributed by atoms with Gasteiger partial charge in [0.15, 0.2) is 0 Å². The van der Waals surface area contributed by atoms with Gasteiger partial charge >= 0.3 is 0 Å². The monoisotopic (exact) mass is 216 g/mol. The first-order valence-corrected chi connectivity index (χ1v) is 6.59. The molecule has 78 valence electrons. The van der Waals surface area contributed by atoms with E-state index in [4.69, 9.17) is 0 Å². The second kappa shape index (κ2) is 3.34. The van der Waals surface area contributed by atoms with Gasteiger partial charge in [-0.1, -0.05) is 17.7 Å². The van der Waals surface area contributed by atoms with E-state index in [2.05, 4.69) is 26.0 Å². The van der Waals surface area contributed by atoms with E-state index in [9.17, 15) is 0 Å². The van der Waals surface area contributed by atoms with Crippen molar-refractivity contribution in [1.82, 2.24) is 0 Å². The van der Waals surface area contributed by atoms with E-state index in [1.807, 2.05) is 11.3 Å². The summed E-state index contributed by atoms with van der Waals surface area (Å²) in [5.74, 6) is 0. The number of benzene rings is 1. The van der Waals surface area contributed by atoms with Crippen LogP contribution in [0, 0.1) is 13.8 Å². The molecule has 0 spiro atoms. The molecular formula is C14H16S. The Hall–Kier alpha value is -0.820. The number of fused-ring (bicyclic) bond motifs is 3. The molecule has 0 saturated heterocycles. The minimum Gasteiger partial charge on any atom is -0.140 e. The van der Waals surface area contributed by atoms with E-state index in [0.29, 0.717) is 0 Å². The van der Waals surface area contributed by atoms with Crippen molar-refractivity contribution < 1.29 is 0 Å². The molecule has 15 heavy (non-hydrogen) atoms. The number of rotatable bonds is 0. The molecule has 1 aliphatic rings. The Kier molecular flexibility index (Phi) is 2.10. The third kappa shape index (κ3) is 1.41. The largest absolute Gasteiger partial charge is 0.140 e. The summed E-state index contributed by atoms with van der Waals surface area (Å²) in [6.07, 6.45) is 5.38. The Labute approximate surface area is 94.9 Å². The van der Waals surface area contributed by atoms with E-state index < -0.39 is 0 Å². The van der Waals surface area contributed by atoms with Gasteiger partial charge in [-0.05, 0) is 56.0 Å². The second-order valence-electron chi connectivity index (χ2n) is 4.67. The summed E-state index contributed by atoms with van der Waals surface area (Å²) < 4.78 is 1.53. The average molecular weight is 216 g/mol. The summed E-state index contributed by atoms with van der Waals surface area (Å²) in [6.45, 7) is 4.45. The summed E-state index contributed by atoms with van der Waals surface area (Å²) in [7, 11) is 0. The lowest BCUT2D eigenvalue weighted by molar-refractivity contribution is 0.700. The van der Waals surface area contributed by atoms with Crippen molar-refractivity contribution in [1.29, 1.82) is 0 Å². The quantitative estimate of drug-likeness (QED) is 0.612. The maximum atomic E-state index is 2.38. The van der Waals surface area contributed by atoms with Crippen LogP contribution in [0.5, 0.6) is 0 Å². The molecule has 0 amide bonds. The third-order valence-electron chi connectivity index (χ3n) is 3.39. The first-order chi connectivity index (χ1) is 7.25. The molecule has 1 aromatic heterocycles. The molecule has 2 aromatic rings. The molecule has 0 radical (unpaired) electrons. The molecule has 0 saturated carbocycles. The lowest BCUT2D eigenvalue weighted by Gasteiger charge is -2.10. The number of aryl methyl sites for hydroxylation is 4. The van der Waals surface area contributed by atoms with Gasteiger partial charge in [0, 0.05) is 9.58 Å². The molecule has 1 heteroatoms. The maximum Gasteiger partial charge on any atom is 0.0377 e. The summed E-state index contributed by atoms with van der Waals surface area (Å²) in [6, 6.07) is 4.69. The molecule has 0 bridgehead atoms. The lowest BCUT2D eigenvalue weighted by Crippen LogP contribution is -1.97. The van der Waals surface area contributed by atoms with Gasteiger partial charge in [-0.3, -0.25) is 0 Å². The van der Waals surface area contributed by atoms with Gasteiger partial charge in [-0.15, -0.1) is 11.3 Å². The van der Waals surface area contributed by atoms with Crippen molar-refractivity contribution in [3.8, 4) is 0 Å². The number of hydrogen-bond donors (Lipinski definition) is 0. The van der Waals surface area contributed by atoms with E-state index in [0.717, 1.165) is 0 Å². The van der Waals surface area contributed by atoms with E-state index in [1.165, 1.54) is 41.5 Å². The van der Waals surface area contributed by atoms with Crippen LogP contribution in [0.3, 0.4) is 0 Å². The fourth-order valence-corrected chi connectivity index (χ4v) is 4.05. The molecular weight excluding hydrogens is 200 g/mol. The van der Waals surface area contributed by atoms with Crippen molar-refractivity contribution in [2.75, 3.05) is 0 Å². The van der Waals surface area contributed by atoms with E-state index in [-0.39, 0.29) is 0 Å². The van der Waals surface area contributed by atoms with Gasteiger partial charge in [-0.25, -0.2) is 0 Å². The first-order valence-electron chi connectivity index (χ1n) is 5.77. The van der Waals surface area contributed by atoms with Crippen molar-refractivity contribution in [2.24, 2.45) is 0 Å². The van der Waals surface area contributed by atoms with Gasteiger partial charge in [0.25, 0.3) is 0 Å². The normalized spacial score (nSPS) is 15.6. The standard InChI is InChI=1S/C14H16S/c1-9-7-10(2)14-12(8-9)11-5-3-4-6-13(11)15-14/h7-8H,3-6H2,1-2H3. The van der Waals surface area contributed by atoms with Crippen molar-refractivity contribution >= 4 is 21.4 Å². The Morgan fingerprint density at radius 3 is 2.73 bits per heavy atom. The van der Waals surface area contributed by atoms with Crippen LogP contribution in [0.15, 0.2) is 12.1 Å². The topological polar surface area (TPSA) is 0 Å². The Morgan fingerprint density at radius 2 is 1.87 bits per heavy atom. The molecule has 1 heterocycles. The maximum absolute atomic E-state index is 2.38. The number of hydrogen-bond acceptors (Lipinski definition) is 1. The zero-order chi connectivity index (χ0) is 10.4. The van der Waals surface area contributed by atoms with Gasteiger partial charge in [0.05, 0.1) is 0 Å². The Morgan fingerprint density at radius 1 is 1.07 bits per heavy atom. The number of thiophene rings is 1. The molecule has 0 nitrogen and oxygen atoms in total. The van der Waals surface area contributed by atoms with Crippen LogP contribution in [0.2, 0.25) is 0 Å². The lowest BCUT2D eigenvalue weighted by atomic mass is 9.95. The molecule has 0 fully saturated rings. The van der Waals surface area contributed by atoms with Gasteiger partial charge in [0.1, 0.15) is 0 Å². The van der Waals surface area contributed by atoms with Crippen LogP contribution in [0.25, 0.3) is 10.1 Å². The zero-order valence-electron chi connectivity index (χ0n) is 9.39. The van der Waals surface area contributed by atoms with Crippen LogP contribution < -0.4 is 0 Å². The van der Waals surface area contributed by atoms with Crippen molar-refractivity contribution in [2.45, 2.75) is 39.5 Å². The highest BCUT2D eigenvalue weighted by molar-refractivity contribution is 7.19. The highest BCUT2D eigenvalue weighted by Gasteiger charge is 2.16. The fraction of sp³-hybridized carbons (Fsp3) is 0.429. The molecule has 0 N–H and O–H groups in total. The predicted octanol–water partition coefficient (Wildman–Crippen LogP) is 4.40. The predicted molar refractivity (Wildman–Crippen MR) is 67.9 cm³/mol. The molecule has 0 unspecified atom stereocenters. The van der Waals surface area contributed by atoms with E-state index >= 15 is 0 Å². The summed E-state index contributed by atoms with van der Waals surface area (Å²) >= 11 is 2.04. The summed E-state index contributed by atoms with van der Waals surface area (Å²) in [5, 5.41) is 1.55. The van der Waals surface area contributed by atoms with Crippen LogP contribution in [0.1, 0.15) is 34.4 Å². The highest BCUT2D eigenvalue weighted by atomic mass is 32.1. The Balaban J connectivity index is 2.37. The zero-order valence-corrected chi connectivity index (χ0v) is 10.2. The molecule has 0 aliphatic heterocycles. The van der Waals surface area contributed by atoms with Crippen molar-refractivity contribution in [3.05, 3.63) is 33.7 Å². The third-order valence-corrected chi connectivity index (χ3v) is 4.83. The van der Waals surface area contributed by atoms with Gasteiger partial charge < -0.3 is 0 Å². The highest BCUT2D eigenvalue weighted by Crippen LogP contribution is 2.38. The molecule has 1 aromatic carbocycles. The van der Waals surface area contributed by atoms with Crippen molar-refractivity contribution in [3.63, 3.8) is 0 Å². The van der Waals surface area contributed by atoms with E-state index in [1.54, 1.807) is 15.8 Å². The minimum absolute atomic E-state index is 1.30. The van der Waals surface area contributed by atoms with Gasteiger partial charge in [0.2, 0.25) is 0 Å². The van der Waals surface area contributed by atoms with Crippen LogP contribution in [0.4, 0.5) is 0 Å². The smallest absolute Gasteiger partial charge is 0.0377 e. The summed E-state index contributed by atoms with van der Waals surface area (Å²) in [5.41, 5.74) is 4.53. The molecule has 3 rings (SSSR count). The first kappa shape index (κ1) is 9.41. The van der Waals surface area contributed by atoms with Crippen LogP contribution >= 0.6 is 11.3 Å². The fourth-order valence-electron chi connectivity index (χ4n) is 2.71. The van der Waals surface area contributed by atoms with Gasteiger partial charge in [-0.2, -0.15) is 0 Å². The Bertz CT molecular complexity index is 520. The second-order valence-corrected chi connectivity index (χ2v) is 5.77. The molecule has 1 aliphatic carbocycles. The SMILES string of the molecule is Cc1cc(C)c2sc3c(c2c1)CCCC3. The van der Waals surface area contributed by atoms with Crippen LogP contribution in [-0.4, -0.2) is 0 Å². The average Bonchev–Trinajstić information content (AvgIpc) is 2.57. The van der Waals surface area contributed by atoms with Crippen LogP contribution in [-0.2, 0) is 12.8 Å². The molecule has 0 atom stereocenters. The minimum atomic E-state index is 1.30. The summed E-state index contributed by atoms with van der Waals surface area (Å²) in [4.78, 5) is 1.66.